The molecule has 1 aliphatic heterocycles. The Morgan fingerprint density at radius 3 is 2.83 bits per heavy atom. The summed E-state index contributed by atoms with van der Waals surface area (Å²) < 4.78 is 0. The van der Waals surface area contributed by atoms with Gasteiger partial charge in [-0.3, -0.25) is 4.90 Å². The minimum Gasteiger partial charge on any atom is -0.508 e. The van der Waals surface area contributed by atoms with Gasteiger partial charge in [0.25, 0.3) is 0 Å². The number of aromatic hydroxyl groups is 2. The second kappa shape index (κ2) is 5.59. The number of benzene rings is 1. The van der Waals surface area contributed by atoms with Crippen LogP contribution in [0.3, 0.4) is 0 Å². The summed E-state index contributed by atoms with van der Waals surface area (Å²) in [6.45, 7) is 4.63. The predicted octanol–water partition coefficient (Wildman–Crippen LogP) is 1.66. The molecule has 2 atom stereocenters. The van der Waals surface area contributed by atoms with E-state index in [0.717, 1.165) is 24.4 Å². The van der Waals surface area contributed by atoms with Gasteiger partial charge in [-0.1, -0.05) is 13.0 Å². The molecule has 0 aromatic heterocycles. The van der Waals surface area contributed by atoms with Crippen molar-refractivity contribution in [3.8, 4) is 11.5 Å². The van der Waals surface area contributed by atoms with E-state index in [2.05, 4.69) is 11.8 Å². The summed E-state index contributed by atoms with van der Waals surface area (Å²) in [5, 5.41) is 19.1. The molecule has 100 valence electrons. The summed E-state index contributed by atoms with van der Waals surface area (Å²) in [7, 11) is 0. The fourth-order valence-corrected chi connectivity index (χ4v) is 2.66. The normalized spacial score (nSPS) is 25.2. The number of nitrogens with two attached hydrogens (primary N) is 1. The number of phenolic OH excluding ortho intramolecular Hbond substituents is 2. The first kappa shape index (κ1) is 13.2. The van der Waals surface area contributed by atoms with Crippen LogP contribution in [-0.2, 0) is 6.54 Å². The van der Waals surface area contributed by atoms with E-state index >= 15 is 0 Å². The van der Waals surface area contributed by atoms with E-state index in [9.17, 15) is 10.2 Å². The maximum Gasteiger partial charge on any atom is 0.123 e. The summed E-state index contributed by atoms with van der Waals surface area (Å²) in [5.41, 5.74) is 6.68. The largest absolute Gasteiger partial charge is 0.508 e. The van der Waals surface area contributed by atoms with Gasteiger partial charge >= 0.3 is 0 Å². The van der Waals surface area contributed by atoms with Crippen LogP contribution in [0.4, 0.5) is 0 Å². The van der Waals surface area contributed by atoms with E-state index in [-0.39, 0.29) is 11.5 Å². The van der Waals surface area contributed by atoms with Gasteiger partial charge in [0.15, 0.2) is 0 Å². The van der Waals surface area contributed by atoms with Crippen LogP contribution in [0.25, 0.3) is 0 Å². The minimum absolute atomic E-state index is 0.0962. The van der Waals surface area contributed by atoms with Crippen molar-refractivity contribution < 1.29 is 10.2 Å². The number of hydrogen-bond donors (Lipinski definition) is 3. The van der Waals surface area contributed by atoms with Crippen molar-refractivity contribution in [3.05, 3.63) is 23.8 Å². The second-order valence-electron chi connectivity index (χ2n) is 5.30. The number of likely N-dealkylation sites (tertiary alicyclic amines) is 1. The van der Waals surface area contributed by atoms with Crippen LogP contribution < -0.4 is 5.73 Å². The van der Waals surface area contributed by atoms with E-state index in [4.69, 9.17) is 5.73 Å². The van der Waals surface area contributed by atoms with E-state index in [1.807, 2.05) is 0 Å². The molecular weight excluding hydrogens is 228 g/mol. The van der Waals surface area contributed by atoms with Crippen molar-refractivity contribution >= 4 is 0 Å². The second-order valence-corrected chi connectivity index (χ2v) is 5.30. The SMILES string of the molecule is CC1CCN(Cc2ccc(O)cc2O)C(CN)C1. The van der Waals surface area contributed by atoms with Crippen molar-refractivity contribution in [3.63, 3.8) is 0 Å². The highest BCUT2D eigenvalue weighted by molar-refractivity contribution is 5.38. The lowest BCUT2D eigenvalue weighted by Gasteiger charge is -2.38. The maximum absolute atomic E-state index is 9.82. The van der Waals surface area contributed by atoms with E-state index in [1.165, 1.54) is 12.5 Å². The fraction of sp³-hybridized carbons (Fsp3) is 0.571. The van der Waals surface area contributed by atoms with Crippen molar-refractivity contribution in [2.75, 3.05) is 13.1 Å². The monoisotopic (exact) mass is 250 g/mol. The molecule has 1 aromatic rings. The summed E-state index contributed by atoms with van der Waals surface area (Å²) in [4.78, 5) is 2.33. The predicted molar refractivity (Wildman–Crippen MR) is 71.4 cm³/mol. The van der Waals surface area contributed by atoms with Crippen LogP contribution >= 0.6 is 0 Å². The number of phenols is 2. The van der Waals surface area contributed by atoms with Crippen molar-refractivity contribution in [1.82, 2.24) is 4.90 Å². The van der Waals surface area contributed by atoms with E-state index in [0.29, 0.717) is 19.1 Å². The Morgan fingerprint density at radius 1 is 1.39 bits per heavy atom. The average Bonchev–Trinajstić information content (AvgIpc) is 2.34. The van der Waals surface area contributed by atoms with Gasteiger partial charge in [0, 0.05) is 30.8 Å². The third-order valence-corrected chi connectivity index (χ3v) is 3.81. The summed E-state index contributed by atoms with van der Waals surface area (Å²) >= 11 is 0. The molecule has 0 aliphatic carbocycles. The third kappa shape index (κ3) is 2.94. The van der Waals surface area contributed by atoms with Gasteiger partial charge < -0.3 is 15.9 Å². The standard InChI is InChI=1S/C14H22N2O2/c1-10-4-5-16(12(6-10)8-15)9-11-2-3-13(17)7-14(11)18/h2-3,7,10,12,17-18H,4-6,8-9,15H2,1H3. The van der Waals surface area contributed by atoms with Crippen LogP contribution in [0.2, 0.25) is 0 Å². The number of nitrogens with zero attached hydrogens (tertiary/aromatic N) is 1. The first-order valence-corrected chi connectivity index (χ1v) is 6.55. The summed E-state index contributed by atoms with van der Waals surface area (Å²) in [6.07, 6.45) is 2.30. The maximum atomic E-state index is 9.82. The summed E-state index contributed by atoms with van der Waals surface area (Å²) in [6, 6.07) is 5.16. The van der Waals surface area contributed by atoms with Crippen molar-refractivity contribution in [2.45, 2.75) is 32.4 Å². The van der Waals surface area contributed by atoms with Crippen LogP contribution in [0.15, 0.2) is 18.2 Å². The first-order chi connectivity index (χ1) is 8.60. The Morgan fingerprint density at radius 2 is 2.17 bits per heavy atom. The highest BCUT2D eigenvalue weighted by Gasteiger charge is 2.25. The number of rotatable bonds is 3. The van der Waals surface area contributed by atoms with Crippen LogP contribution in [0.1, 0.15) is 25.3 Å². The molecule has 0 bridgehead atoms. The van der Waals surface area contributed by atoms with E-state index < -0.39 is 0 Å². The minimum atomic E-state index is 0.0962. The molecule has 0 spiro atoms. The molecule has 4 heteroatoms. The molecule has 1 fully saturated rings. The zero-order valence-corrected chi connectivity index (χ0v) is 10.8. The van der Waals surface area contributed by atoms with Gasteiger partial charge in [-0.15, -0.1) is 0 Å². The Bertz CT molecular complexity index is 409. The molecule has 2 unspecified atom stereocenters. The average molecular weight is 250 g/mol. The Balaban J connectivity index is 2.07. The first-order valence-electron chi connectivity index (χ1n) is 6.55. The van der Waals surface area contributed by atoms with Gasteiger partial charge in [-0.05, 0) is 31.4 Å². The van der Waals surface area contributed by atoms with Gasteiger partial charge in [0.05, 0.1) is 0 Å². The molecule has 2 rings (SSSR count). The molecule has 0 saturated carbocycles. The Labute approximate surface area is 108 Å². The van der Waals surface area contributed by atoms with Crippen LogP contribution in [-0.4, -0.2) is 34.2 Å². The lowest BCUT2D eigenvalue weighted by atomic mass is 9.92. The van der Waals surface area contributed by atoms with Gasteiger partial charge in [0.2, 0.25) is 0 Å². The van der Waals surface area contributed by atoms with Crippen LogP contribution in [0.5, 0.6) is 11.5 Å². The van der Waals surface area contributed by atoms with Gasteiger partial charge in [-0.2, -0.15) is 0 Å². The molecule has 4 nitrogen and oxygen atoms in total. The van der Waals surface area contributed by atoms with Crippen LogP contribution in [0, 0.1) is 5.92 Å². The molecule has 0 amide bonds. The van der Waals surface area contributed by atoms with Crippen molar-refractivity contribution in [2.24, 2.45) is 11.7 Å². The highest BCUT2D eigenvalue weighted by atomic mass is 16.3. The zero-order chi connectivity index (χ0) is 13.1. The Hall–Kier alpha value is -1.26. The highest BCUT2D eigenvalue weighted by Crippen LogP contribution is 2.28. The number of piperidine rings is 1. The lowest BCUT2D eigenvalue weighted by Crippen LogP contribution is -2.45. The van der Waals surface area contributed by atoms with Crippen molar-refractivity contribution in [1.29, 1.82) is 0 Å². The zero-order valence-electron chi connectivity index (χ0n) is 10.8. The fourth-order valence-electron chi connectivity index (χ4n) is 2.66. The molecule has 18 heavy (non-hydrogen) atoms. The molecule has 1 saturated heterocycles. The summed E-state index contributed by atoms with van der Waals surface area (Å²) in [5.74, 6) is 0.978. The third-order valence-electron chi connectivity index (χ3n) is 3.81. The molecule has 0 radical (unpaired) electrons. The molecule has 1 aliphatic rings. The molecule has 1 heterocycles. The van der Waals surface area contributed by atoms with E-state index in [1.54, 1.807) is 12.1 Å². The number of hydrogen-bond acceptors (Lipinski definition) is 4. The van der Waals surface area contributed by atoms with Gasteiger partial charge in [-0.25, -0.2) is 0 Å². The molecular formula is C14H22N2O2. The topological polar surface area (TPSA) is 69.7 Å². The van der Waals surface area contributed by atoms with Gasteiger partial charge in [0.1, 0.15) is 11.5 Å². The smallest absolute Gasteiger partial charge is 0.123 e. The quantitative estimate of drug-likeness (QED) is 0.763. The lowest BCUT2D eigenvalue weighted by molar-refractivity contribution is 0.114. The molecule has 4 N–H and O–H groups in total. The molecule has 1 aromatic carbocycles. The Kier molecular flexibility index (Phi) is 4.09.